The Bertz CT molecular complexity index is 4440. The quantitative estimate of drug-likeness (QED) is 0.00920. The van der Waals surface area contributed by atoms with Crippen molar-refractivity contribution in [3.05, 3.63) is 92.6 Å². The Kier molecular flexibility index (Phi) is 35.4. The third kappa shape index (κ3) is 28.5. The number of aliphatic hydroxyl groups excluding tert-OH is 7. The number of nitrogen functional groups attached to an aromatic ring is 5. The van der Waals surface area contributed by atoms with Crippen molar-refractivity contribution in [1.82, 2.24) is 67.7 Å². The molecule has 4 aliphatic heterocycles. The van der Waals surface area contributed by atoms with Crippen LogP contribution in [0.4, 0.5) is 64.5 Å². The molecule has 11 heterocycles. The average Bonchev–Trinajstić information content (AvgIpc) is 1.40. The summed E-state index contributed by atoms with van der Waals surface area (Å²) in [5.41, 5.74) is 27.2. The molecule has 0 amide bonds. The van der Waals surface area contributed by atoms with E-state index in [2.05, 4.69) is 65.4 Å². The molecule has 0 spiro atoms. The fraction of sp³-hybridized carbons (Fsp3) is 0.593. The van der Waals surface area contributed by atoms with Gasteiger partial charge in [-0.3, -0.25) is 31.9 Å². The molecule has 0 saturated carbocycles. The summed E-state index contributed by atoms with van der Waals surface area (Å²) >= 11 is 3.06. The number of fused-ring (bicyclic) bond motifs is 2. The van der Waals surface area contributed by atoms with Crippen LogP contribution in [0.25, 0.3) is 22.3 Å². The maximum atomic E-state index is 13.1. The van der Waals surface area contributed by atoms with Gasteiger partial charge in [0.1, 0.15) is 70.0 Å². The summed E-state index contributed by atoms with van der Waals surface area (Å²) in [6, 6.07) is 1.33. The van der Waals surface area contributed by atoms with Gasteiger partial charge >= 0.3 is 44.6 Å². The normalized spacial score (nSPS) is 22.1. The molecule has 18 N–H and O–H groups in total. The summed E-state index contributed by atoms with van der Waals surface area (Å²) in [7, 11) is -8.57. The van der Waals surface area contributed by atoms with Gasteiger partial charge in [0.15, 0.2) is 60.2 Å². The molecule has 40 nitrogen and oxygen atoms in total. The van der Waals surface area contributed by atoms with Crippen molar-refractivity contribution in [3.8, 4) is 0 Å². The molecule has 3 fully saturated rings. The molecule has 4 aliphatic rings. The summed E-state index contributed by atoms with van der Waals surface area (Å²) in [4.78, 5) is 78.8. The van der Waals surface area contributed by atoms with E-state index in [0.717, 1.165) is 67.6 Å². The molecule has 0 radical (unpaired) electrons. The predicted molar refractivity (Wildman–Crippen MR) is 380 cm³/mol. The number of nitrogens with two attached hydrogens (primary N) is 5. The molecule has 0 aliphatic carbocycles. The molecule has 620 valence electrons. The molecule has 0 aromatic carbocycles. The van der Waals surface area contributed by atoms with Crippen molar-refractivity contribution >= 4 is 90.4 Å². The van der Waals surface area contributed by atoms with E-state index in [1.807, 2.05) is 13.8 Å². The van der Waals surface area contributed by atoms with E-state index in [1.165, 1.54) is 34.9 Å². The molecule has 3 saturated heterocycles. The number of aliphatic hydroxyl groups is 7. The molecule has 11 rings (SSSR count). The number of aromatic nitrogens is 14. The number of hydrogen-bond donors (Lipinski definition) is 13. The largest absolute Gasteiger partial charge is 0.412 e. The van der Waals surface area contributed by atoms with Gasteiger partial charge < -0.3 is 107 Å². The summed E-state index contributed by atoms with van der Waals surface area (Å²) in [5, 5.41) is 65.4. The minimum atomic E-state index is -4.92. The Morgan fingerprint density at radius 3 is 1.65 bits per heavy atom. The number of alkyl halides is 6. The Morgan fingerprint density at radius 1 is 0.649 bits per heavy atom. The first kappa shape index (κ1) is 92.3. The van der Waals surface area contributed by atoms with Gasteiger partial charge in [-0.2, -0.15) is 51.3 Å². The fourth-order valence-corrected chi connectivity index (χ4v) is 13.2. The van der Waals surface area contributed by atoms with Crippen LogP contribution in [0.3, 0.4) is 0 Å². The molecule has 111 heavy (non-hydrogen) atoms. The minimum Gasteiger partial charge on any atom is -0.395 e. The Balaban J connectivity index is 0.000000215. The lowest BCUT2D eigenvalue weighted by molar-refractivity contribution is -0.166. The van der Waals surface area contributed by atoms with Crippen LogP contribution in [0.5, 0.6) is 0 Å². The number of hydrogen-bond acceptors (Lipinski definition) is 36. The van der Waals surface area contributed by atoms with Crippen LogP contribution in [0.15, 0.2) is 73.9 Å². The zero-order chi connectivity index (χ0) is 82.3. The van der Waals surface area contributed by atoms with Crippen LogP contribution < -0.4 is 45.7 Å². The molecule has 0 bridgehead atoms. The second-order valence-corrected chi connectivity index (χ2v) is 30.0. The zero-order valence-corrected chi connectivity index (χ0v) is 62.9. The van der Waals surface area contributed by atoms with E-state index in [0.29, 0.717) is 47.6 Å². The molecule has 5 unspecified atom stereocenters. The van der Waals surface area contributed by atoms with Crippen molar-refractivity contribution in [3.63, 3.8) is 0 Å². The van der Waals surface area contributed by atoms with E-state index in [1.54, 1.807) is 34.8 Å². The SMILES string of the molecule is CCCSc1nc(N)nc2c1ncn2CCO.CCCSc1nc(N)nc2c1ncn2CCOCP(=O)(OCC(F)(F)F)OCC(F)(F)F.CP(=O)(O)OCC1OC(n2ccc(N)nc2=O)C(O)C1O.C[C@@H]1C[C@@H](O)[C@H](CO)O1.Nc1nc(=O)n([C@@H]2C=C[C@H](CO)O2)cc1F.Nc1nc(=O)n([C@@H]2CC[C@H](CO)O2)cc1F. The maximum absolute atomic E-state index is 13.1. The third-order valence-corrected chi connectivity index (χ3v) is 19.5. The van der Waals surface area contributed by atoms with Crippen molar-refractivity contribution in [2.45, 2.75) is 156 Å². The number of halogens is 8. The smallest absolute Gasteiger partial charge is 0.395 e. The van der Waals surface area contributed by atoms with Crippen LogP contribution >= 0.6 is 38.7 Å². The first-order chi connectivity index (χ1) is 52.2. The Morgan fingerprint density at radius 2 is 1.19 bits per heavy atom. The third-order valence-electron chi connectivity index (χ3n) is 15.0. The molecular formula is C59H85F8N19O21P2S2. The highest BCUT2D eigenvalue weighted by Gasteiger charge is 2.45. The van der Waals surface area contributed by atoms with Crippen LogP contribution in [0, 0.1) is 11.6 Å². The second-order valence-electron chi connectivity index (χ2n) is 23.9. The van der Waals surface area contributed by atoms with Gasteiger partial charge in [-0.15, -0.1) is 23.5 Å². The van der Waals surface area contributed by atoms with Crippen molar-refractivity contribution < 1.29 is 122 Å². The van der Waals surface area contributed by atoms with Crippen LogP contribution in [-0.2, 0) is 59.5 Å². The molecule has 7 aromatic rings. The fourth-order valence-electron chi connectivity index (χ4n) is 9.81. The standard InChI is InChI=1S/C15H20F6N5O4PS.C10H15N5OS.C10H16N3O7P.C9H12FN3O3.C9H10FN3O3.C6H12O3/c1-2-5-32-12-10-11(24-13(22)25-12)26(8-23-10)3-4-28-9-31(27,29-6-14(16,17)18)30-7-15(19,20)21;1-2-5-17-9-7-8(13-10(11)14-9)15(3-4-16)6-12-7;1-21(17,18)19-4-5-7(14)8(15)9(20-5)13-3-2-6(11)12-10(13)16;2*10-6-3-13(9(15)12-8(6)11)7-2-1-5(4-14)16-7;1-4-2-5(8)6(3-7)9-4/h8H,2-7,9H2,1H3,(H2,22,24,25);6,16H,2-5H2,1H3,(H2,11,13,14);2-3,5,7-9,14-15H,4H2,1H3,(H,17,18)(H2,11,12,16);3,5,7,14H,1-2,4H2,(H2,11,12,15);1-3,5,7,14H,4H2,(H2,11,12,15);4-8H,2-3H2,1H3/t;;;2*5-,7+;4-,5-,6+/m...111/s1. The van der Waals surface area contributed by atoms with Gasteiger partial charge in [0.2, 0.25) is 11.9 Å². The predicted octanol–water partition coefficient (Wildman–Crippen LogP) is 1.98. The van der Waals surface area contributed by atoms with E-state index < -0.39 is 143 Å². The van der Waals surface area contributed by atoms with Gasteiger partial charge in [-0.05, 0) is 56.3 Å². The summed E-state index contributed by atoms with van der Waals surface area (Å²) in [6.07, 6.45) is -5.72. The topological polar surface area (TPSA) is 592 Å². The molecule has 52 heteroatoms. The Labute approximate surface area is 632 Å². The summed E-state index contributed by atoms with van der Waals surface area (Å²) in [5.74, 6) is -0.401. The zero-order valence-electron chi connectivity index (χ0n) is 59.5. The monoisotopic (exact) mass is 1670 g/mol. The van der Waals surface area contributed by atoms with Gasteiger partial charge in [-0.25, -0.2) is 43.1 Å². The van der Waals surface area contributed by atoms with E-state index in [4.69, 9.17) is 82.8 Å². The highest BCUT2D eigenvalue weighted by atomic mass is 32.2. The first-order valence-corrected chi connectivity index (χ1v) is 38.9. The second kappa shape index (κ2) is 42.5. The van der Waals surface area contributed by atoms with E-state index >= 15 is 0 Å². The average molecular weight is 1670 g/mol. The van der Waals surface area contributed by atoms with Gasteiger partial charge in [0.05, 0.1) is 83.0 Å². The minimum absolute atomic E-state index is 0.00405. The molecule has 12 atom stereocenters. The van der Waals surface area contributed by atoms with E-state index in [9.17, 15) is 68.9 Å². The Hall–Kier alpha value is -7.56. The molecule has 7 aromatic heterocycles. The number of anilines is 5. The first-order valence-electron chi connectivity index (χ1n) is 33.2. The van der Waals surface area contributed by atoms with Crippen molar-refractivity contribution in [1.29, 1.82) is 0 Å². The van der Waals surface area contributed by atoms with Crippen molar-refractivity contribution in [2.75, 3.05) is 106 Å². The number of imidazole rings is 2. The number of rotatable bonds is 26. The maximum Gasteiger partial charge on any atom is 0.412 e. The highest BCUT2D eigenvalue weighted by Crippen LogP contribution is 2.50. The number of nitrogens with zero attached hydrogens (tertiary/aromatic N) is 14. The van der Waals surface area contributed by atoms with Gasteiger partial charge in [0.25, 0.3) is 0 Å². The lowest BCUT2D eigenvalue weighted by atomic mass is 10.1. The van der Waals surface area contributed by atoms with Crippen LogP contribution in [0.2, 0.25) is 0 Å². The summed E-state index contributed by atoms with van der Waals surface area (Å²) in [6.45, 7) is 2.35. The van der Waals surface area contributed by atoms with Crippen LogP contribution in [-0.4, -0.2) is 247 Å². The lowest BCUT2D eigenvalue weighted by Crippen LogP contribution is -2.36. The number of ether oxygens (including phenoxy) is 5. The van der Waals surface area contributed by atoms with Gasteiger partial charge in [-0.1, -0.05) is 19.9 Å². The number of thioether (sulfide) groups is 2. The highest BCUT2D eigenvalue weighted by molar-refractivity contribution is 7.99. The van der Waals surface area contributed by atoms with E-state index in [-0.39, 0.29) is 75.6 Å². The lowest BCUT2D eigenvalue weighted by Gasteiger charge is -2.20. The van der Waals surface area contributed by atoms with Crippen molar-refractivity contribution in [2.24, 2.45) is 0 Å². The summed E-state index contributed by atoms with van der Waals surface area (Å²) < 4.78 is 169. The molecular weight excluding hydrogens is 1590 g/mol. The van der Waals surface area contributed by atoms with Crippen LogP contribution in [0.1, 0.15) is 71.6 Å². The van der Waals surface area contributed by atoms with Gasteiger partial charge in [0, 0.05) is 32.4 Å².